The second-order valence-electron chi connectivity index (χ2n) is 9.49. The summed E-state index contributed by atoms with van der Waals surface area (Å²) in [6.45, 7) is -0.0705. The Morgan fingerprint density at radius 2 is 1.74 bits per heavy atom. The number of nitrogens with one attached hydrogen (secondary N) is 1. The Morgan fingerprint density at radius 3 is 2.45 bits per heavy atom. The van der Waals surface area contributed by atoms with Crippen LogP contribution in [0.25, 0.3) is 5.69 Å². The molecule has 3 amide bonds. The average molecular weight is 522 g/mol. The lowest BCUT2D eigenvalue weighted by Crippen LogP contribution is -2.48. The third-order valence-electron chi connectivity index (χ3n) is 6.97. The van der Waals surface area contributed by atoms with Crippen molar-refractivity contribution in [1.82, 2.24) is 9.47 Å². The van der Waals surface area contributed by atoms with E-state index in [9.17, 15) is 9.59 Å². The van der Waals surface area contributed by atoms with Crippen molar-refractivity contribution in [3.63, 3.8) is 0 Å². The van der Waals surface area contributed by atoms with Crippen molar-refractivity contribution < 1.29 is 9.59 Å². The lowest BCUT2D eigenvalue weighted by molar-refractivity contribution is -0.119. The Hall–Kier alpha value is -4.54. The molecule has 8 heteroatoms. The van der Waals surface area contributed by atoms with E-state index in [-0.39, 0.29) is 24.5 Å². The number of nitrogens with zero attached hydrogens (tertiary/aromatic N) is 4. The number of anilines is 2. The van der Waals surface area contributed by atoms with Crippen LogP contribution in [-0.2, 0) is 4.79 Å². The number of urea groups is 1. The van der Waals surface area contributed by atoms with Crippen molar-refractivity contribution in [2.24, 2.45) is 0 Å². The Labute approximate surface area is 225 Å². The molecule has 1 N–H and O–H groups in total. The molecule has 188 valence electrons. The summed E-state index contributed by atoms with van der Waals surface area (Å²) in [5.74, 6) is -0.184. The molecular weight excluding hydrogens is 498 g/mol. The van der Waals surface area contributed by atoms with E-state index in [2.05, 4.69) is 16.0 Å². The predicted molar refractivity (Wildman–Crippen MR) is 146 cm³/mol. The molecule has 1 saturated carbocycles. The number of aromatic nitrogens is 1. The van der Waals surface area contributed by atoms with Gasteiger partial charge in [0, 0.05) is 22.9 Å². The Morgan fingerprint density at radius 1 is 0.974 bits per heavy atom. The third-order valence-corrected chi connectivity index (χ3v) is 7.21. The van der Waals surface area contributed by atoms with Gasteiger partial charge < -0.3 is 14.8 Å². The molecule has 3 aromatic carbocycles. The zero-order valence-electron chi connectivity index (χ0n) is 20.4. The first kappa shape index (κ1) is 23.8. The Bertz CT molecular complexity index is 1570. The van der Waals surface area contributed by atoms with Gasteiger partial charge in [-0.3, -0.25) is 9.69 Å². The monoisotopic (exact) mass is 521 g/mol. The molecule has 1 aliphatic carbocycles. The first-order chi connectivity index (χ1) is 18.5. The van der Waals surface area contributed by atoms with Crippen molar-refractivity contribution in [2.75, 3.05) is 16.8 Å². The SMILES string of the molecule is N#Cc1ccc(NC(=O)N(CC(=O)N2c3ccccc3-n3cccc3C2c2cccc(Cl)c2)C2CC2)cc1. The maximum absolute atomic E-state index is 14.2. The highest BCUT2D eigenvalue weighted by Gasteiger charge is 2.40. The number of carbonyl (C=O) groups excluding carboxylic acids is 2. The molecule has 0 bridgehead atoms. The summed E-state index contributed by atoms with van der Waals surface area (Å²) in [4.78, 5) is 30.9. The van der Waals surface area contributed by atoms with E-state index in [1.54, 1.807) is 34.1 Å². The van der Waals surface area contributed by atoms with Crippen LogP contribution >= 0.6 is 11.6 Å². The van der Waals surface area contributed by atoms with Gasteiger partial charge >= 0.3 is 6.03 Å². The van der Waals surface area contributed by atoms with E-state index in [1.165, 1.54) is 0 Å². The summed E-state index contributed by atoms with van der Waals surface area (Å²) in [5.41, 5.74) is 4.59. The normalized spacial score (nSPS) is 15.7. The molecule has 0 saturated heterocycles. The van der Waals surface area contributed by atoms with Gasteiger partial charge in [-0.15, -0.1) is 0 Å². The molecule has 0 radical (unpaired) electrons. The largest absolute Gasteiger partial charge is 0.322 e. The minimum Gasteiger partial charge on any atom is -0.316 e. The summed E-state index contributed by atoms with van der Waals surface area (Å²) in [6, 6.07) is 27.3. The maximum Gasteiger partial charge on any atom is 0.322 e. The van der Waals surface area contributed by atoms with Crippen LogP contribution in [0.15, 0.2) is 91.1 Å². The van der Waals surface area contributed by atoms with E-state index in [0.29, 0.717) is 16.3 Å². The van der Waals surface area contributed by atoms with E-state index < -0.39 is 6.04 Å². The number of rotatable bonds is 5. The fourth-order valence-electron chi connectivity index (χ4n) is 5.05. The van der Waals surface area contributed by atoms with Crippen LogP contribution in [-0.4, -0.2) is 34.0 Å². The summed E-state index contributed by atoms with van der Waals surface area (Å²) in [5, 5.41) is 12.5. The fraction of sp³-hybridized carbons (Fsp3) is 0.167. The molecule has 1 fully saturated rings. The number of carbonyl (C=O) groups is 2. The van der Waals surface area contributed by atoms with Crippen LogP contribution in [0.3, 0.4) is 0 Å². The molecule has 1 atom stereocenters. The number of hydrogen-bond acceptors (Lipinski definition) is 3. The second-order valence-corrected chi connectivity index (χ2v) is 9.93. The molecule has 1 aromatic heterocycles. The van der Waals surface area contributed by atoms with Crippen molar-refractivity contribution >= 4 is 34.9 Å². The number of halogens is 1. The van der Waals surface area contributed by atoms with Gasteiger partial charge in [-0.25, -0.2) is 4.79 Å². The zero-order valence-corrected chi connectivity index (χ0v) is 21.2. The summed E-state index contributed by atoms with van der Waals surface area (Å²) in [7, 11) is 0. The summed E-state index contributed by atoms with van der Waals surface area (Å²) < 4.78 is 2.10. The van der Waals surface area contributed by atoms with Gasteiger partial charge in [0.2, 0.25) is 5.91 Å². The van der Waals surface area contributed by atoms with Gasteiger partial charge in [0.1, 0.15) is 12.6 Å². The van der Waals surface area contributed by atoms with Crippen molar-refractivity contribution in [2.45, 2.75) is 24.9 Å². The minimum atomic E-state index is -0.409. The second kappa shape index (κ2) is 9.73. The number of amides is 3. The highest BCUT2D eigenvalue weighted by atomic mass is 35.5. The topological polar surface area (TPSA) is 81.4 Å². The lowest BCUT2D eigenvalue weighted by atomic mass is 9.97. The van der Waals surface area contributed by atoms with Crippen LogP contribution in [0, 0.1) is 11.3 Å². The van der Waals surface area contributed by atoms with Crippen LogP contribution < -0.4 is 10.2 Å². The third kappa shape index (κ3) is 4.40. The smallest absolute Gasteiger partial charge is 0.316 e. The summed E-state index contributed by atoms with van der Waals surface area (Å²) >= 11 is 6.38. The molecule has 38 heavy (non-hydrogen) atoms. The lowest BCUT2D eigenvalue weighted by Gasteiger charge is -2.39. The molecule has 1 unspecified atom stereocenters. The molecular formula is C30H24ClN5O2. The van der Waals surface area contributed by atoms with E-state index in [0.717, 1.165) is 35.5 Å². The van der Waals surface area contributed by atoms with Crippen molar-refractivity contribution in [1.29, 1.82) is 5.26 Å². The molecule has 0 spiro atoms. The highest BCUT2D eigenvalue weighted by molar-refractivity contribution is 6.30. The zero-order chi connectivity index (χ0) is 26.2. The van der Waals surface area contributed by atoms with E-state index in [1.807, 2.05) is 66.9 Å². The minimum absolute atomic E-state index is 0.00541. The molecule has 2 heterocycles. The van der Waals surface area contributed by atoms with Gasteiger partial charge in [-0.2, -0.15) is 5.26 Å². The number of hydrogen-bond donors (Lipinski definition) is 1. The Kier molecular flexibility index (Phi) is 6.10. The van der Waals surface area contributed by atoms with Gasteiger partial charge in [0.05, 0.1) is 28.7 Å². The van der Waals surface area contributed by atoms with Crippen LogP contribution in [0.4, 0.5) is 16.2 Å². The standard InChI is InChI=1S/C30H24ClN5O2/c31-22-6-3-5-21(17-22)29-27-9-4-16-34(27)25-7-1-2-8-26(25)36(29)28(37)19-35(24-14-15-24)30(38)33-23-12-10-20(18-32)11-13-23/h1-13,16-17,24,29H,14-15,19H2,(H,33,38). The molecule has 1 aliphatic heterocycles. The van der Waals surface area contributed by atoms with E-state index >= 15 is 0 Å². The summed E-state index contributed by atoms with van der Waals surface area (Å²) in [6.07, 6.45) is 3.70. The number of para-hydroxylation sites is 2. The first-order valence-electron chi connectivity index (χ1n) is 12.5. The van der Waals surface area contributed by atoms with Crippen LogP contribution in [0.1, 0.15) is 35.7 Å². The van der Waals surface area contributed by atoms with Crippen LogP contribution in [0.5, 0.6) is 0 Å². The molecule has 2 aliphatic rings. The van der Waals surface area contributed by atoms with Crippen molar-refractivity contribution in [3.05, 3.63) is 113 Å². The number of nitriles is 1. The number of fused-ring (bicyclic) bond motifs is 3. The molecule has 4 aromatic rings. The number of benzene rings is 3. The van der Waals surface area contributed by atoms with Gasteiger partial charge in [0.15, 0.2) is 0 Å². The first-order valence-corrected chi connectivity index (χ1v) is 12.8. The Balaban J connectivity index is 1.34. The molecule has 7 nitrogen and oxygen atoms in total. The fourth-order valence-corrected chi connectivity index (χ4v) is 5.25. The van der Waals surface area contributed by atoms with Gasteiger partial charge in [-0.05, 0) is 79.1 Å². The van der Waals surface area contributed by atoms with Crippen molar-refractivity contribution in [3.8, 4) is 11.8 Å². The van der Waals surface area contributed by atoms with Gasteiger partial charge in [0.25, 0.3) is 0 Å². The highest BCUT2D eigenvalue weighted by Crippen LogP contribution is 2.43. The maximum atomic E-state index is 14.2. The van der Waals surface area contributed by atoms with Crippen LogP contribution in [0.2, 0.25) is 5.02 Å². The average Bonchev–Trinajstić information content (AvgIpc) is 3.66. The molecule has 6 rings (SSSR count). The quantitative estimate of drug-likeness (QED) is 0.343. The van der Waals surface area contributed by atoms with Gasteiger partial charge in [-0.1, -0.05) is 35.9 Å². The van der Waals surface area contributed by atoms with E-state index in [4.69, 9.17) is 16.9 Å². The predicted octanol–water partition coefficient (Wildman–Crippen LogP) is 6.13.